The zero-order valence-electron chi connectivity index (χ0n) is 6.59. The van der Waals surface area contributed by atoms with E-state index in [2.05, 4.69) is 5.32 Å². The highest BCUT2D eigenvalue weighted by Crippen LogP contribution is 2.32. The number of rotatable bonds is 0. The quantitative estimate of drug-likeness (QED) is 0.553. The van der Waals surface area contributed by atoms with Crippen molar-refractivity contribution in [2.75, 3.05) is 25.1 Å². The second-order valence-corrected chi connectivity index (χ2v) is 4.25. The van der Waals surface area contributed by atoms with Crippen molar-refractivity contribution in [3.05, 3.63) is 0 Å². The van der Waals surface area contributed by atoms with Gasteiger partial charge in [-0.2, -0.15) is 11.8 Å². The maximum absolute atomic E-state index is 11.2. The van der Waals surface area contributed by atoms with Crippen molar-refractivity contribution in [3.8, 4) is 0 Å². The van der Waals surface area contributed by atoms with Crippen LogP contribution in [0.15, 0.2) is 0 Å². The third kappa shape index (κ3) is 0.964. The number of carbonyl (C=O) groups is 1. The normalized spacial score (nSPS) is 37.5. The summed E-state index contributed by atoms with van der Waals surface area (Å²) >= 11 is 1.92. The van der Waals surface area contributed by atoms with Gasteiger partial charge in [0.25, 0.3) is 0 Å². The molecule has 4 heteroatoms. The zero-order chi connectivity index (χ0) is 7.90. The molecule has 1 atom stereocenters. The summed E-state index contributed by atoms with van der Waals surface area (Å²) in [5, 5.41) is 3.29. The number of amides is 1. The maximum Gasteiger partial charge on any atom is 0.237 e. The summed E-state index contributed by atoms with van der Waals surface area (Å²) in [4.78, 5) is 13.1. The minimum absolute atomic E-state index is 0.0156. The Labute approximate surface area is 70.5 Å². The molecule has 11 heavy (non-hydrogen) atoms. The van der Waals surface area contributed by atoms with Gasteiger partial charge in [-0.1, -0.05) is 0 Å². The van der Waals surface area contributed by atoms with E-state index in [0.29, 0.717) is 6.54 Å². The third-order valence-corrected chi connectivity index (χ3v) is 3.76. The average molecular weight is 172 g/mol. The van der Waals surface area contributed by atoms with E-state index in [1.165, 1.54) is 5.75 Å². The molecule has 2 aliphatic rings. The van der Waals surface area contributed by atoms with Crippen LogP contribution in [0.5, 0.6) is 0 Å². The predicted octanol–water partition coefficient (Wildman–Crippen LogP) is -0.119. The van der Waals surface area contributed by atoms with Crippen molar-refractivity contribution in [2.45, 2.75) is 12.1 Å². The van der Waals surface area contributed by atoms with Crippen LogP contribution in [-0.4, -0.2) is 41.6 Å². The van der Waals surface area contributed by atoms with Gasteiger partial charge in [-0.15, -0.1) is 0 Å². The Bertz CT molecular complexity index is 189. The molecule has 0 bridgehead atoms. The Morgan fingerprint density at radius 1 is 1.73 bits per heavy atom. The van der Waals surface area contributed by atoms with Gasteiger partial charge in [0.1, 0.15) is 5.66 Å². The van der Waals surface area contributed by atoms with Gasteiger partial charge < -0.3 is 4.90 Å². The second kappa shape index (κ2) is 2.38. The van der Waals surface area contributed by atoms with E-state index in [1.54, 1.807) is 0 Å². The first-order chi connectivity index (χ1) is 5.25. The zero-order valence-corrected chi connectivity index (χ0v) is 7.41. The van der Waals surface area contributed by atoms with Crippen LogP contribution >= 0.6 is 11.8 Å². The average Bonchev–Trinajstić information content (AvgIpc) is 2.56. The van der Waals surface area contributed by atoms with Crippen LogP contribution in [0.1, 0.15) is 6.42 Å². The molecule has 2 aliphatic heterocycles. The number of nitrogens with zero attached hydrogens (tertiary/aromatic N) is 1. The SMILES string of the molecule is CN1C(=O)CNC12CCSC2. The van der Waals surface area contributed by atoms with Crippen LogP contribution in [-0.2, 0) is 4.79 Å². The number of hydrogen-bond acceptors (Lipinski definition) is 3. The highest BCUT2D eigenvalue weighted by molar-refractivity contribution is 7.99. The lowest BCUT2D eigenvalue weighted by Crippen LogP contribution is -2.50. The predicted molar refractivity (Wildman–Crippen MR) is 45.4 cm³/mol. The van der Waals surface area contributed by atoms with Crippen LogP contribution in [0.25, 0.3) is 0 Å². The summed E-state index contributed by atoms with van der Waals surface area (Å²) in [6.45, 7) is 0.525. The van der Waals surface area contributed by atoms with Crippen LogP contribution in [0.4, 0.5) is 0 Å². The summed E-state index contributed by atoms with van der Waals surface area (Å²) in [7, 11) is 1.90. The van der Waals surface area contributed by atoms with E-state index < -0.39 is 0 Å². The van der Waals surface area contributed by atoms with E-state index in [0.717, 1.165) is 12.2 Å². The number of hydrogen-bond donors (Lipinski definition) is 1. The molecule has 0 aromatic heterocycles. The van der Waals surface area contributed by atoms with E-state index >= 15 is 0 Å². The van der Waals surface area contributed by atoms with Gasteiger partial charge in [0.2, 0.25) is 5.91 Å². The molecule has 1 spiro atoms. The van der Waals surface area contributed by atoms with Gasteiger partial charge >= 0.3 is 0 Å². The van der Waals surface area contributed by atoms with Gasteiger partial charge in [0.15, 0.2) is 0 Å². The first-order valence-corrected chi connectivity index (χ1v) is 4.99. The molecule has 2 heterocycles. The Hall–Kier alpha value is -0.220. The molecule has 0 aromatic carbocycles. The summed E-state index contributed by atoms with van der Waals surface area (Å²) in [5.74, 6) is 2.45. The van der Waals surface area contributed by atoms with Gasteiger partial charge in [0.05, 0.1) is 6.54 Å². The fourth-order valence-electron chi connectivity index (χ4n) is 1.67. The van der Waals surface area contributed by atoms with Crippen molar-refractivity contribution >= 4 is 17.7 Å². The Morgan fingerprint density at radius 2 is 2.55 bits per heavy atom. The summed E-state index contributed by atoms with van der Waals surface area (Å²) in [5.41, 5.74) is 0.0156. The lowest BCUT2D eigenvalue weighted by Gasteiger charge is -2.30. The van der Waals surface area contributed by atoms with Crippen LogP contribution < -0.4 is 5.32 Å². The first-order valence-electron chi connectivity index (χ1n) is 3.84. The lowest BCUT2D eigenvalue weighted by atomic mass is 10.1. The minimum atomic E-state index is 0.0156. The van der Waals surface area contributed by atoms with Crippen molar-refractivity contribution in [3.63, 3.8) is 0 Å². The Balaban J connectivity index is 2.19. The van der Waals surface area contributed by atoms with Crippen molar-refractivity contribution < 1.29 is 4.79 Å². The summed E-state index contributed by atoms with van der Waals surface area (Å²) in [6, 6.07) is 0. The number of thioether (sulfide) groups is 1. The molecule has 0 aromatic rings. The molecule has 62 valence electrons. The fraction of sp³-hybridized carbons (Fsp3) is 0.857. The van der Waals surface area contributed by atoms with Crippen molar-refractivity contribution in [2.24, 2.45) is 0 Å². The number of likely N-dealkylation sites (N-methyl/N-ethyl adjacent to an activating group) is 1. The number of nitrogens with one attached hydrogen (secondary N) is 1. The molecule has 1 N–H and O–H groups in total. The van der Waals surface area contributed by atoms with Crippen LogP contribution in [0, 0.1) is 0 Å². The number of carbonyl (C=O) groups excluding carboxylic acids is 1. The molecule has 0 aliphatic carbocycles. The van der Waals surface area contributed by atoms with Gasteiger partial charge in [-0.05, 0) is 12.2 Å². The van der Waals surface area contributed by atoms with Gasteiger partial charge in [-0.25, -0.2) is 0 Å². The molecule has 0 radical (unpaired) electrons. The topological polar surface area (TPSA) is 32.3 Å². The Morgan fingerprint density at radius 3 is 3.00 bits per heavy atom. The lowest BCUT2D eigenvalue weighted by molar-refractivity contribution is -0.128. The van der Waals surface area contributed by atoms with Crippen molar-refractivity contribution in [1.29, 1.82) is 0 Å². The standard InChI is InChI=1S/C7H12N2OS/c1-9-6(10)4-8-7(9)2-3-11-5-7/h8H,2-5H2,1H3. The highest BCUT2D eigenvalue weighted by atomic mass is 32.2. The van der Waals surface area contributed by atoms with Crippen LogP contribution in [0.2, 0.25) is 0 Å². The van der Waals surface area contributed by atoms with Crippen molar-refractivity contribution in [1.82, 2.24) is 10.2 Å². The maximum atomic E-state index is 11.2. The first kappa shape index (κ1) is 7.43. The molecule has 1 amide bonds. The van der Waals surface area contributed by atoms with E-state index in [1.807, 2.05) is 23.7 Å². The van der Waals surface area contributed by atoms with Gasteiger partial charge in [-0.3, -0.25) is 10.1 Å². The molecule has 1 unspecified atom stereocenters. The van der Waals surface area contributed by atoms with E-state index in [4.69, 9.17) is 0 Å². The van der Waals surface area contributed by atoms with E-state index in [9.17, 15) is 4.79 Å². The molecule has 3 nitrogen and oxygen atoms in total. The fourth-order valence-corrected chi connectivity index (χ4v) is 3.08. The third-order valence-electron chi connectivity index (χ3n) is 2.59. The molecule has 0 saturated carbocycles. The smallest absolute Gasteiger partial charge is 0.237 e. The monoisotopic (exact) mass is 172 g/mol. The second-order valence-electron chi connectivity index (χ2n) is 3.14. The molecular weight excluding hydrogens is 160 g/mol. The summed E-state index contributed by atoms with van der Waals surface area (Å²) < 4.78 is 0. The largest absolute Gasteiger partial charge is 0.325 e. The molecular formula is C7H12N2OS. The molecule has 2 rings (SSSR count). The molecule has 2 saturated heterocycles. The highest BCUT2D eigenvalue weighted by Gasteiger charge is 2.44. The Kier molecular flexibility index (Phi) is 1.61. The van der Waals surface area contributed by atoms with E-state index in [-0.39, 0.29) is 11.6 Å². The van der Waals surface area contributed by atoms with Crippen LogP contribution in [0.3, 0.4) is 0 Å². The van der Waals surface area contributed by atoms with Gasteiger partial charge in [0, 0.05) is 12.8 Å². The summed E-state index contributed by atoms with van der Waals surface area (Å²) in [6.07, 6.45) is 1.10. The molecule has 2 fully saturated rings. The minimum Gasteiger partial charge on any atom is -0.325 e.